The van der Waals surface area contributed by atoms with Gasteiger partial charge in [0, 0.05) is 34.5 Å². The van der Waals surface area contributed by atoms with Crippen LogP contribution in [0.25, 0.3) is 0 Å². The average molecular weight is 297 g/mol. The van der Waals surface area contributed by atoms with Gasteiger partial charge in [0.05, 0.1) is 5.69 Å². The first-order chi connectivity index (χ1) is 9.17. The molecule has 0 spiro atoms. The zero-order valence-corrected chi connectivity index (χ0v) is 13.6. The number of hydrogen-bond donors (Lipinski definition) is 1. The molecule has 1 N–H and O–H groups in total. The molecule has 2 heterocycles. The van der Waals surface area contributed by atoms with E-state index in [0.717, 1.165) is 19.5 Å². The second-order valence-corrected chi connectivity index (χ2v) is 8.59. The van der Waals surface area contributed by atoms with Crippen molar-refractivity contribution in [3.8, 4) is 0 Å². The van der Waals surface area contributed by atoms with Crippen molar-refractivity contribution >= 4 is 28.2 Å². The normalized spacial score (nSPS) is 31.3. The Morgan fingerprint density at radius 1 is 1.26 bits per heavy atom. The Hall–Kier alpha value is -0.260. The molecule has 0 amide bonds. The van der Waals surface area contributed by atoms with E-state index in [2.05, 4.69) is 42.9 Å². The lowest BCUT2D eigenvalue weighted by Gasteiger charge is -2.34. The molecule has 3 unspecified atom stereocenters. The Labute approximate surface area is 124 Å². The van der Waals surface area contributed by atoms with E-state index in [-0.39, 0.29) is 0 Å². The second kappa shape index (κ2) is 5.62. The molecular weight excluding hydrogens is 274 g/mol. The molecule has 0 saturated carbocycles. The van der Waals surface area contributed by atoms with Crippen LogP contribution in [0.1, 0.15) is 43.3 Å². The van der Waals surface area contributed by atoms with Gasteiger partial charge in [-0.25, -0.2) is 4.98 Å². The summed E-state index contributed by atoms with van der Waals surface area (Å²) in [5.41, 5.74) is 1.35. The van der Waals surface area contributed by atoms with Crippen LogP contribution in [0.3, 0.4) is 0 Å². The maximum atomic E-state index is 4.94. The lowest BCUT2D eigenvalue weighted by Crippen LogP contribution is -2.40. The quantitative estimate of drug-likeness (QED) is 0.908. The Balaban J connectivity index is 1.84. The van der Waals surface area contributed by atoms with E-state index in [0.29, 0.717) is 16.5 Å². The molecule has 1 fully saturated rings. The monoisotopic (exact) mass is 297 g/mol. The van der Waals surface area contributed by atoms with Crippen LogP contribution in [-0.4, -0.2) is 35.6 Å². The molecule has 2 aliphatic rings. The van der Waals surface area contributed by atoms with Crippen molar-refractivity contribution in [1.82, 2.24) is 10.3 Å². The summed E-state index contributed by atoms with van der Waals surface area (Å²) in [6.07, 6.45) is 3.69. The van der Waals surface area contributed by atoms with Gasteiger partial charge in [0.15, 0.2) is 5.13 Å². The van der Waals surface area contributed by atoms with Crippen LogP contribution in [0.4, 0.5) is 5.13 Å². The SMILES string of the molecule is CNC1CCCc2nc(N3CC(C)SC(C)C3)sc21. The number of rotatable bonds is 2. The predicted molar refractivity (Wildman–Crippen MR) is 85.6 cm³/mol. The van der Waals surface area contributed by atoms with Gasteiger partial charge in [-0.3, -0.25) is 0 Å². The highest BCUT2D eigenvalue weighted by molar-refractivity contribution is 8.00. The van der Waals surface area contributed by atoms with Gasteiger partial charge in [-0.05, 0) is 26.3 Å². The highest BCUT2D eigenvalue weighted by Gasteiger charge is 2.28. The van der Waals surface area contributed by atoms with Crippen LogP contribution in [0.15, 0.2) is 0 Å². The van der Waals surface area contributed by atoms with Crippen LogP contribution in [-0.2, 0) is 6.42 Å². The number of anilines is 1. The van der Waals surface area contributed by atoms with E-state index in [4.69, 9.17) is 4.98 Å². The molecule has 3 rings (SSSR count). The van der Waals surface area contributed by atoms with Crippen molar-refractivity contribution in [2.45, 2.75) is 49.7 Å². The van der Waals surface area contributed by atoms with Gasteiger partial charge in [-0.2, -0.15) is 11.8 Å². The highest BCUT2D eigenvalue weighted by Crippen LogP contribution is 2.39. The largest absolute Gasteiger partial charge is 0.346 e. The van der Waals surface area contributed by atoms with E-state index in [1.807, 2.05) is 11.3 Å². The molecule has 106 valence electrons. The standard InChI is InChI=1S/C14H23N3S2/c1-9-7-17(8-10(2)18-9)14-16-12-6-4-5-11(15-3)13(12)19-14/h9-11,15H,4-8H2,1-3H3. The number of aryl methyl sites for hydroxylation is 1. The van der Waals surface area contributed by atoms with Crippen LogP contribution in [0.5, 0.6) is 0 Å². The minimum Gasteiger partial charge on any atom is -0.346 e. The molecule has 1 saturated heterocycles. The predicted octanol–water partition coefficient (Wildman–Crippen LogP) is 3.07. The Morgan fingerprint density at radius 3 is 2.68 bits per heavy atom. The Kier molecular flexibility index (Phi) is 4.06. The smallest absolute Gasteiger partial charge is 0.185 e. The lowest BCUT2D eigenvalue weighted by atomic mass is 9.98. The number of nitrogens with zero attached hydrogens (tertiary/aromatic N) is 2. The van der Waals surface area contributed by atoms with E-state index < -0.39 is 0 Å². The maximum Gasteiger partial charge on any atom is 0.185 e. The fraction of sp³-hybridized carbons (Fsp3) is 0.786. The summed E-state index contributed by atoms with van der Waals surface area (Å²) < 4.78 is 0. The first-order valence-corrected chi connectivity index (χ1v) is 9.00. The lowest BCUT2D eigenvalue weighted by molar-refractivity contribution is 0.501. The van der Waals surface area contributed by atoms with Crippen molar-refractivity contribution in [3.63, 3.8) is 0 Å². The van der Waals surface area contributed by atoms with Gasteiger partial charge in [0.1, 0.15) is 0 Å². The minimum absolute atomic E-state index is 0.531. The van der Waals surface area contributed by atoms with E-state index >= 15 is 0 Å². The topological polar surface area (TPSA) is 28.2 Å². The van der Waals surface area contributed by atoms with E-state index in [1.54, 1.807) is 0 Å². The number of thiazole rings is 1. The highest BCUT2D eigenvalue weighted by atomic mass is 32.2. The molecule has 1 aromatic rings. The number of nitrogens with one attached hydrogen (secondary N) is 1. The molecule has 3 nitrogen and oxygen atoms in total. The van der Waals surface area contributed by atoms with Gasteiger partial charge in [0.25, 0.3) is 0 Å². The average Bonchev–Trinajstić information content (AvgIpc) is 2.81. The summed E-state index contributed by atoms with van der Waals surface area (Å²) in [5.74, 6) is 0. The van der Waals surface area contributed by atoms with Gasteiger partial charge < -0.3 is 10.2 Å². The summed E-state index contributed by atoms with van der Waals surface area (Å²) in [7, 11) is 2.07. The van der Waals surface area contributed by atoms with Crippen LogP contribution in [0, 0.1) is 0 Å². The molecule has 19 heavy (non-hydrogen) atoms. The molecule has 0 aromatic carbocycles. The summed E-state index contributed by atoms with van der Waals surface area (Å²) >= 11 is 4.02. The van der Waals surface area contributed by atoms with Crippen LogP contribution < -0.4 is 10.2 Å². The van der Waals surface area contributed by atoms with Crippen molar-refractivity contribution in [3.05, 3.63) is 10.6 Å². The van der Waals surface area contributed by atoms with E-state index in [9.17, 15) is 0 Å². The second-order valence-electron chi connectivity index (χ2n) is 5.70. The van der Waals surface area contributed by atoms with Crippen molar-refractivity contribution < 1.29 is 0 Å². The summed E-state index contributed by atoms with van der Waals surface area (Å²) in [5, 5.41) is 6.12. The molecule has 1 aromatic heterocycles. The third-order valence-electron chi connectivity index (χ3n) is 3.98. The molecule has 1 aliphatic carbocycles. The summed E-state index contributed by atoms with van der Waals surface area (Å²) in [6, 6.07) is 0.531. The van der Waals surface area contributed by atoms with Crippen LogP contribution in [0.2, 0.25) is 0 Å². The number of thioether (sulfide) groups is 1. The molecule has 1 aliphatic heterocycles. The van der Waals surface area contributed by atoms with Gasteiger partial charge in [-0.1, -0.05) is 25.2 Å². The number of hydrogen-bond acceptors (Lipinski definition) is 5. The minimum atomic E-state index is 0.531. The molecule has 3 atom stereocenters. The molecule has 5 heteroatoms. The Bertz CT molecular complexity index is 436. The molecule has 0 radical (unpaired) electrons. The molecular formula is C14H23N3S2. The van der Waals surface area contributed by atoms with Crippen molar-refractivity contribution in [2.24, 2.45) is 0 Å². The fourth-order valence-electron chi connectivity index (χ4n) is 3.15. The van der Waals surface area contributed by atoms with Gasteiger partial charge in [0.2, 0.25) is 0 Å². The maximum absolute atomic E-state index is 4.94. The van der Waals surface area contributed by atoms with Gasteiger partial charge >= 0.3 is 0 Å². The first kappa shape index (κ1) is 13.7. The third kappa shape index (κ3) is 2.78. The van der Waals surface area contributed by atoms with Crippen molar-refractivity contribution in [2.75, 3.05) is 25.0 Å². The summed E-state index contributed by atoms with van der Waals surface area (Å²) in [6.45, 7) is 6.95. The fourth-order valence-corrected chi connectivity index (χ4v) is 5.75. The van der Waals surface area contributed by atoms with Crippen molar-refractivity contribution in [1.29, 1.82) is 0 Å². The zero-order valence-electron chi connectivity index (χ0n) is 12.0. The number of aromatic nitrogens is 1. The van der Waals surface area contributed by atoms with E-state index in [1.165, 1.54) is 28.5 Å². The third-order valence-corrected chi connectivity index (χ3v) is 6.48. The number of fused-ring (bicyclic) bond motifs is 1. The first-order valence-electron chi connectivity index (χ1n) is 7.24. The van der Waals surface area contributed by atoms with Gasteiger partial charge in [-0.15, -0.1) is 0 Å². The summed E-state index contributed by atoms with van der Waals surface area (Å²) in [4.78, 5) is 8.93. The Morgan fingerprint density at radius 2 is 2.00 bits per heavy atom. The zero-order chi connectivity index (χ0) is 13.4. The molecule has 0 bridgehead atoms. The van der Waals surface area contributed by atoms with Crippen LogP contribution >= 0.6 is 23.1 Å².